The number of non-ortho nitro benzene ring substituents is 1. The Labute approximate surface area is 82.5 Å². The molecule has 0 aromatic heterocycles. The van der Waals surface area contributed by atoms with E-state index in [2.05, 4.69) is 5.14 Å². The van der Waals surface area contributed by atoms with Crippen LogP contribution in [0.2, 0.25) is 0 Å². The predicted molar refractivity (Wildman–Crippen MR) is 44.4 cm³/mol. The molecule has 2 N–H and O–H groups in total. The fraction of sp³-hybridized carbons (Fsp3) is 0. The zero-order valence-electron chi connectivity index (χ0n) is 6.98. The van der Waals surface area contributed by atoms with E-state index in [9.17, 15) is 27.3 Å². The summed E-state index contributed by atoms with van der Waals surface area (Å²) in [5.41, 5.74) is -0.891. The van der Waals surface area contributed by atoms with Gasteiger partial charge >= 0.3 is 0 Å². The number of sulfonamides is 1. The van der Waals surface area contributed by atoms with Gasteiger partial charge in [-0.3, -0.25) is 10.1 Å². The van der Waals surface area contributed by atoms with Gasteiger partial charge < -0.3 is 0 Å². The third-order valence-electron chi connectivity index (χ3n) is 1.48. The first-order chi connectivity index (χ1) is 6.73. The molecule has 0 unspecified atom stereocenters. The molecule has 0 heterocycles. The SMILES string of the molecule is NS(=O)(=O)c1c(F)cc([N+](=O)[O-])cc1F. The van der Waals surface area contributed by atoms with Gasteiger partial charge in [-0.1, -0.05) is 0 Å². The van der Waals surface area contributed by atoms with Gasteiger partial charge in [-0.05, 0) is 0 Å². The average molecular weight is 238 g/mol. The fourth-order valence-electron chi connectivity index (χ4n) is 0.924. The number of primary sulfonamides is 1. The molecule has 82 valence electrons. The Hall–Kier alpha value is -1.61. The van der Waals surface area contributed by atoms with Gasteiger partial charge in [-0.25, -0.2) is 22.3 Å². The summed E-state index contributed by atoms with van der Waals surface area (Å²) in [7, 11) is -4.58. The van der Waals surface area contributed by atoms with Crippen molar-refractivity contribution >= 4 is 15.7 Å². The highest BCUT2D eigenvalue weighted by molar-refractivity contribution is 7.89. The Morgan fingerprint density at radius 3 is 1.93 bits per heavy atom. The van der Waals surface area contributed by atoms with Crippen LogP contribution in [0.5, 0.6) is 0 Å². The summed E-state index contributed by atoms with van der Waals surface area (Å²) in [6, 6.07) is 0.561. The second-order valence-electron chi connectivity index (χ2n) is 2.54. The van der Waals surface area contributed by atoms with Crippen molar-refractivity contribution in [3.8, 4) is 0 Å². The van der Waals surface area contributed by atoms with Crippen LogP contribution < -0.4 is 5.14 Å². The zero-order valence-corrected chi connectivity index (χ0v) is 7.79. The number of nitrogens with zero attached hydrogens (tertiary/aromatic N) is 1. The van der Waals surface area contributed by atoms with Gasteiger partial charge in [-0.15, -0.1) is 0 Å². The Balaban J connectivity index is 3.55. The molecule has 1 aromatic carbocycles. The number of nitrogens with two attached hydrogens (primary N) is 1. The molecular formula is C6H4F2N2O4S. The molecule has 0 aliphatic rings. The Bertz CT molecular complexity index is 505. The smallest absolute Gasteiger partial charge is 0.258 e. The third kappa shape index (κ3) is 2.25. The number of hydrogen-bond acceptors (Lipinski definition) is 4. The van der Waals surface area contributed by atoms with E-state index in [0.717, 1.165) is 0 Å². The Kier molecular flexibility index (Phi) is 2.69. The number of benzene rings is 1. The molecular weight excluding hydrogens is 234 g/mol. The Morgan fingerprint density at radius 1 is 1.27 bits per heavy atom. The molecule has 1 aromatic rings. The van der Waals surface area contributed by atoms with Gasteiger partial charge in [0, 0.05) is 0 Å². The van der Waals surface area contributed by atoms with Crippen LogP contribution in [0.15, 0.2) is 17.0 Å². The van der Waals surface area contributed by atoms with Crippen LogP contribution in [0.4, 0.5) is 14.5 Å². The molecule has 15 heavy (non-hydrogen) atoms. The molecule has 0 aliphatic carbocycles. The molecule has 0 bridgehead atoms. The topological polar surface area (TPSA) is 103 Å². The maximum Gasteiger partial charge on any atom is 0.275 e. The van der Waals surface area contributed by atoms with Crippen molar-refractivity contribution in [2.45, 2.75) is 4.90 Å². The van der Waals surface area contributed by atoms with Crippen LogP contribution in [0.1, 0.15) is 0 Å². The molecule has 0 amide bonds. The van der Waals surface area contributed by atoms with Gasteiger partial charge in [0.05, 0.1) is 17.1 Å². The molecule has 9 heteroatoms. The highest BCUT2D eigenvalue weighted by atomic mass is 32.2. The van der Waals surface area contributed by atoms with Crippen molar-refractivity contribution in [2.75, 3.05) is 0 Å². The lowest BCUT2D eigenvalue weighted by molar-refractivity contribution is -0.385. The lowest BCUT2D eigenvalue weighted by atomic mass is 10.3. The summed E-state index contributed by atoms with van der Waals surface area (Å²) in [4.78, 5) is 7.72. The van der Waals surface area contributed by atoms with Gasteiger partial charge in [0.15, 0.2) is 16.5 Å². The van der Waals surface area contributed by atoms with Crippen molar-refractivity contribution in [2.24, 2.45) is 5.14 Å². The van der Waals surface area contributed by atoms with E-state index in [-0.39, 0.29) is 12.1 Å². The third-order valence-corrected chi connectivity index (χ3v) is 2.44. The number of nitro groups is 1. The van der Waals surface area contributed by atoms with Crippen molar-refractivity contribution in [3.63, 3.8) is 0 Å². The number of halogens is 2. The van der Waals surface area contributed by atoms with Crippen LogP contribution in [-0.2, 0) is 10.0 Å². The summed E-state index contributed by atoms with van der Waals surface area (Å²) in [5, 5.41) is 14.7. The van der Waals surface area contributed by atoms with Crippen LogP contribution >= 0.6 is 0 Å². The quantitative estimate of drug-likeness (QED) is 0.599. The molecule has 0 saturated heterocycles. The largest absolute Gasteiger partial charge is 0.275 e. The average Bonchev–Trinajstić information content (AvgIpc) is 1.99. The van der Waals surface area contributed by atoms with E-state index >= 15 is 0 Å². The van der Waals surface area contributed by atoms with Crippen LogP contribution in [0.25, 0.3) is 0 Å². The normalized spacial score (nSPS) is 11.4. The van der Waals surface area contributed by atoms with Crippen LogP contribution in [0.3, 0.4) is 0 Å². The monoisotopic (exact) mass is 238 g/mol. The first kappa shape index (κ1) is 11.5. The molecule has 0 fully saturated rings. The second kappa shape index (κ2) is 3.51. The van der Waals surface area contributed by atoms with E-state index in [0.29, 0.717) is 0 Å². The van der Waals surface area contributed by atoms with E-state index < -0.39 is 37.2 Å². The summed E-state index contributed by atoms with van der Waals surface area (Å²) < 4.78 is 47.3. The molecule has 0 atom stereocenters. The fourth-order valence-corrected chi connectivity index (χ4v) is 1.59. The summed E-state index contributed by atoms with van der Waals surface area (Å²) >= 11 is 0. The maximum atomic E-state index is 13.0. The summed E-state index contributed by atoms with van der Waals surface area (Å²) in [6.07, 6.45) is 0. The second-order valence-corrected chi connectivity index (χ2v) is 4.04. The van der Waals surface area contributed by atoms with Gasteiger partial charge in [0.1, 0.15) is 0 Å². The lowest BCUT2D eigenvalue weighted by Crippen LogP contribution is -2.16. The first-order valence-corrected chi connectivity index (χ1v) is 4.94. The standard InChI is InChI=1S/C6H4F2N2O4S/c7-4-1-3(10(11)12)2-5(8)6(4)15(9,13)14/h1-2H,(H2,9,13,14). The molecule has 0 aliphatic heterocycles. The molecule has 0 radical (unpaired) electrons. The van der Waals surface area contributed by atoms with E-state index in [4.69, 9.17) is 0 Å². The number of nitro benzene ring substituents is 1. The molecule has 6 nitrogen and oxygen atoms in total. The van der Waals surface area contributed by atoms with Crippen molar-refractivity contribution in [1.29, 1.82) is 0 Å². The first-order valence-electron chi connectivity index (χ1n) is 3.39. The van der Waals surface area contributed by atoms with E-state index in [1.54, 1.807) is 0 Å². The molecule has 0 saturated carbocycles. The summed E-state index contributed by atoms with van der Waals surface area (Å²) in [6.45, 7) is 0. The van der Waals surface area contributed by atoms with Gasteiger partial charge in [-0.2, -0.15) is 0 Å². The predicted octanol–water partition coefficient (Wildman–Crippen LogP) is 0.520. The van der Waals surface area contributed by atoms with Gasteiger partial charge in [0.2, 0.25) is 10.0 Å². The van der Waals surface area contributed by atoms with Gasteiger partial charge in [0.25, 0.3) is 5.69 Å². The minimum absolute atomic E-state index is 0.281. The minimum Gasteiger partial charge on any atom is -0.258 e. The highest BCUT2D eigenvalue weighted by Crippen LogP contribution is 2.23. The number of rotatable bonds is 2. The van der Waals surface area contributed by atoms with Crippen molar-refractivity contribution in [1.82, 2.24) is 0 Å². The molecule has 0 spiro atoms. The Morgan fingerprint density at radius 2 is 1.67 bits per heavy atom. The van der Waals surface area contributed by atoms with Crippen LogP contribution in [0, 0.1) is 21.7 Å². The van der Waals surface area contributed by atoms with Crippen molar-refractivity contribution < 1.29 is 22.1 Å². The van der Waals surface area contributed by atoms with Crippen molar-refractivity contribution in [3.05, 3.63) is 33.9 Å². The van der Waals surface area contributed by atoms with E-state index in [1.807, 2.05) is 0 Å². The summed E-state index contributed by atoms with van der Waals surface area (Å²) in [5.74, 6) is -3.19. The molecule has 1 rings (SSSR count). The van der Waals surface area contributed by atoms with E-state index in [1.165, 1.54) is 0 Å². The minimum atomic E-state index is -4.58. The zero-order chi connectivity index (χ0) is 11.8. The lowest BCUT2D eigenvalue weighted by Gasteiger charge is -2.01. The van der Waals surface area contributed by atoms with Crippen LogP contribution in [-0.4, -0.2) is 13.3 Å². The highest BCUT2D eigenvalue weighted by Gasteiger charge is 2.24. The number of hydrogen-bond donors (Lipinski definition) is 1. The maximum absolute atomic E-state index is 13.0.